The van der Waals surface area contributed by atoms with Crippen molar-refractivity contribution in [2.45, 2.75) is 0 Å². The zero-order valence-electron chi connectivity index (χ0n) is 5.71. The zero-order chi connectivity index (χ0) is 7.07. The van der Waals surface area contributed by atoms with Gasteiger partial charge < -0.3 is 4.16 Å². The Morgan fingerprint density at radius 1 is 1.78 bits per heavy atom. The molecule has 51 valence electrons. The zero-order valence-corrected chi connectivity index (χ0v) is 6.61. The van der Waals surface area contributed by atoms with Crippen LogP contribution in [0.2, 0.25) is 0 Å². The van der Waals surface area contributed by atoms with Crippen molar-refractivity contribution in [1.82, 2.24) is 4.67 Å². The van der Waals surface area contributed by atoms with Crippen LogP contribution in [0.4, 0.5) is 4.20 Å². The summed E-state index contributed by atoms with van der Waals surface area (Å²) in [7, 11) is 7.42. The van der Waals surface area contributed by atoms with E-state index >= 15 is 0 Å². The van der Waals surface area contributed by atoms with Crippen molar-refractivity contribution in [2.24, 2.45) is 0 Å². The highest BCUT2D eigenvalue weighted by atomic mass is 31.2. The van der Waals surface area contributed by atoms with Crippen LogP contribution >= 0.6 is 8.53 Å². The van der Waals surface area contributed by atoms with E-state index in [9.17, 15) is 4.20 Å². The van der Waals surface area contributed by atoms with Crippen LogP contribution < -0.4 is 0 Å². The third-order valence-electron chi connectivity index (χ3n) is 1.54. The Kier molecular flexibility index (Phi) is 1.81. The van der Waals surface area contributed by atoms with E-state index in [0.29, 0.717) is 0 Å². The summed E-state index contributed by atoms with van der Waals surface area (Å²) in [5, 5.41) is 0. The fraction of sp³-hybridized carbons (Fsp3) is 1.00. The van der Waals surface area contributed by atoms with Gasteiger partial charge in [0.15, 0.2) is 0 Å². The number of nitrogens with zero attached hydrogens (tertiary/aromatic N) is 2. The first-order valence-corrected chi connectivity index (χ1v) is 3.99. The number of rotatable bonds is 0. The van der Waals surface area contributed by atoms with E-state index in [0.717, 1.165) is 13.1 Å². The molecule has 1 saturated heterocycles. The first-order valence-electron chi connectivity index (χ1n) is 2.85. The molecular weight excluding hydrogens is 137 g/mol. The molecule has 1 fully saturated rings. The fourth-order valence-corrected chi connectivity index (χ4v) is 2.07. The van der Waals surface area contributed by atoms with Gasteiger partial charge in [0.05, 0.1) is 6.54 Å². The second-order valence-electron chi connectivity index (χ2n) is 2.56. The molecule has 9 heavy (non-hydrogen) atoms. The molecule has 2 unspecified atom stereocenters. The summed E-state index contributed by atoms with van der Waals surface area (Å²) in [6, 6.07) is 0. The van der Waals surface area contributed by atoms with E-state index in [1.807, 2.05) is 0 Å². The van der Waals surface area contributed by atoms with Crippen LogP contribution in [-0.2, 0) is 0 Å². The normalized spacial score (nSPS) is 46.0. The summed E-state index contributed by atoms with van der Waals surface area (Å²) in [5.41, 5.74) is 0. The van der Waals surface area contributed by atoms with Crippen molar-refractivity contribution in [1.29, 1.82) is 0 Å². The molecule has 0 aromatic rings. The molecule has 2 nitrogen and oxygen atoms in total. The van der Waals surface area contributed by atoms with Crippen molar-refractivity contribution in [3.05, 3.63) is 0 Å². The summed E-state index contributed by atoms with van der Waals surface area (Å²) in [6.07, 6.45) is 0. The van der Waals surface area contributed by atoms with Gasteiger partial charge in [0.1, 0.15) is 0 Å². The highest BCUT2D eigenvalue weighted by Gasteiger charge is 2.32. The lowest BCUT2D eigenvalue weighted by Gasteiger charge is -2.40. The number of hydrogen-bond donors (Lipinski definition) is 0. The van der Waals surface area contributed by atoms with Gasteiger partial charge in [-0.2, -0.15) is 0 Å². The monoisotopic (exact) mass is 147 g/mol. The predicted octanol–water partition coefficient (Wildman–Crippen LogP) is 0.658. The molecule has 0 saturated carbocycles. The molecule has 1 rings (SSSR count). The van der Waals surface area contributed by atoms with Gasteiger partial charge >= 0.3 is 8.53 Å². The maximum absolute atomic E-state index is 12.9. The Morgan fingerprint density at radius 3 is 2.44 bits per heavy atom. The predicted molar refractivity (Wildman–Crippen MR) is 37.5 cm³/mol. The lowest BCUT2D eigenvalue weighted by Crippen LogP contribution is -2.31. The number of halogens is 1. The van der Waals surface area contributed by atoms with Gasteiger partial charge in [-0.3, -0.25) is 0 Å². The Morgan fingerprint density at radius 2 is 2.33 bits per heavy atom. The van der Waals surface area contributed by atoms with Gasteiger partial charge in [-0.15, -0.1) is 4.20 Å². The van der Waals surface area contributed by atoms with Gasteiger partial charge in [0.25, 0.3) is 0 Å². The highest BCUT2D eigenvalue weighted by Crippen LogP contribution is 2.52. The molecule has 0 bridgehead atoms. The van der Waals surface area contributed by atoms with E-state index in [4.69, 9.17) is 7.98 Å². The molecular formula is C4H10BFN2P. The van der Waals surface area contributed by atoms with Crippen molar-refractivity contribution < 1.29 is 8.36 Å². The van der Waals surface area contributed by atoms with E-state index in [2.05, 4.69) is 0 Å². The Bertz CT molecular complexity index is 121. The van der Waals surface area contributed by atoms with Gasteiger partial charge in [-0.25, -0.2) is 12.7 Å². The number of hydrogen-bond acceptors (Lipinski definition) is 1. The van der Waals surface area contributed by atoms with Crippen LogP contribution in [-0.4, -0.2) is 44.0 Å². The van der Waals surface area contributed by atoms with Crippen LogP contribution in [0.15, 0.2) is 0 Å². The topological polar surface area (TPSA) is 3.24 Å². The van der Waals surface area contributed by atoms with Gasteiger partial charge in [-0.1, -0.05) is 0 Å². The van der Waals surface area contributed by atoms with Crippen molar-refractivity contribution in [2.75, 3.05) is 27.2 Å². The standard InChI is InChI=1S/C4H10BFN2P/c1-7-3-4-8(2,5)9(7)6/h3-4H2,1-2H3. The van der Waals surface area contributed by atoms with E-state index < -0.39 is 8.53 Å². The van der Waals surface area contributed by atoms with Crippen LogP contribution in [0.5, 0.6) is 0 Å². The molecule has 5 heteroatoms. The number of quaternary nitrogens is 1. The third-order valence-corrected chi connectivity index (χ3v) is 3.25. The van der Waals surface area contributed by atoms with Crippen LogP contribution in [0.25, 0.3) is 0 Å². The second-order valence-corrected chi connectivity index (χ2v) is 4.64. The maximum Gasteiger partial charge on any atom is 0.332 e. The summed E-state index contributed by atoms with van der Waals surface area (Å²) in [4.78, 5) is 0. The van der Waals surface area contributed by atoms with Crippen LogP contribution in [0.3, 0.4) is 0 Å². The highest BCUT2D eigenvalue weighted by molar-refractivity contribution is 7.44. The second kappa shape index (κ2) is 2.19. The van der Waals surface area contributed by atoms with Crippen molar-refractivity contribution in [3.63, 3.8) is 0 Å². The SMILES string of the molecule is [B-][N+]1(C)CCN(C)P1F. The smallest absolute Gasteiger partial charge is 0.332 e. The summed E-state index contributed by atoms with van der Waals surface area (Å²) >= 11 is 0. The van der Waals surface area contributed by atoms with Crippen LogP contribution in [0, 0.1) is 0 Å². The molecule has 1 aliphatic heterocycles. The largest absolute Gasteiger partial charge is 0.536 e. The maximum atomic E-state index is 12.9. The molecule has 2 atom stereocenters. The van der Waals surface area contributed by atoms with Crippen molar-refractivity contribution >= 4 is 16.5 Å². The van der Waals surface area contributed by atoms with Crippen molar-refractivity contribution in [3.8, 4) is 0 Å². The molecule has 0 spiro atoms. The molecule has 3 radical (unpaired) electrons. The van der Waals surface area contributed by atoms with Gasteiger partial charge in [0.2, 0.25) is 0 Å². The third kappa shape index (κ3) is 1.26. The van der Waals surface area contributed by atoms with E-state index in [1.54, 1.807) is 18.8 Å². The summed E-state index contributed by atoms with van der Waals surface area (Å²) in [5.74, 6) is 0. The lowest BCUT2D eigenvalue weighted by atomic mass is 10.3. The minimum Gasteiger partial charge on any atom is -0.536 e. The first-order chi connectivity index (χ1) is 4.04. The van der Waals surface area contributed by atoms with Gasteiger partial charge in [-0.05, 0) is 7.05 Å². The first kappa shape index (κ1) is 7.45. The lowest BCUT2D eigenvalue weighted by molar-refractivity contribution is -0.654. The quantitative estimate of drug-likeness (QED) is 0.359. The summed E-state index contributed by atoms with van der Waals surface area (Å²) in [6.45, 7) is 1.49. The average Bonchev–Trinajstić information content (AvgIpc) is 1.97. The molecule has 0 aliphatic carbocycles. The Hall–Kier alpha value is 0.345. The molecule has 0 N–H and O–H groups in total. The number of likely N-dealkylation sites (N-methyl/N-ethyl adjacent to an activating group) is 2. The summed E-state index contributed by atoms with van der Waals surface area (Å²) < 4.78 is 14.7. The molecule has 0 aromatic heterocycles. The minimum absolute atomic E-state index is 0.0475. The Balaban J connectivity index is 2.62. The van der Waals surface area contributed by atoms with Crippen LogP contribution in [0.1, 0.15) is 0 Å². The molecule has 0 amide bonds. The fourth-order valence-electron chi connectivity index (χ4n) is 0.861. The minimum atomic E-state index is -1.62. The molecule has 0 aromatic carbocycles. The van der Waals surface area contributed by atoms with E-state index in [1.165, 1.54) is 0 Å². The molecule has 1 heterocycles. The van der Waals surface area contributed by atoms with E-state index in [-0.39, 0.29) is 4.16 Å². The average molecular weight is 147 g/mol. The molecule has 1 aliphatic rings. The van der Waals surface area contributed by atoms with Gasteiger partial charge in [0, 0.05) is 13.6 Å². The Labute approximate surface area is 57.6 Å².